The van der Waals surface area contributed by atoms with E-state index in [-0.39, 0.29) is 11.2 Å². The van der Waals surface area contributed by atoms with Crippen LogP contribution in [0.2, 0.25) is 0 Å². The lowest BCUT2D eigenvalue weighted by Crippen LogP contribution is -2.33. The second-order valence-corrected chi connectivity index (χ2v) is 8.66. The third-order valence-corrected chi connectivity index (χ3v) is 6.36. The van der Waals surface area contributed by atoms with Crippen LogP contribution in [-0.2, 0) is 0 Å². The van der Waals surface area contributed by atoms with Gasteiger partial charge >= 0.3 is 0 Å². The van der Waals surface area contributed by atoms with Crippen LogP contribution >= 0.6 is 0 Å². The molecule has 0 spiro atoms. The smallest absolute Gasteiger partial charge is 0.203 e. The maximum Gasteiger partial charge on any atom is 0.203 e. The van der Waals surface area contributed by atoms with Gasteiger partial charge in [-0.25, -0.2) is 9.97 Å². The first kappa shape index (κ1) is 21.2. The number of benzene rings is 1. The largest absolute Gasteiger partial charge is 0.493 e. The van der Waals surface area contributed by atoms with Crippen LogP contribution in [0.4, 0.5) is 0 Å². The number of hydrogen-bond donors (Lipinski definition) is 1. The lowest BCUT2D eigenvalue weighted by molar-refractivity contribution is 0.0703. The summed E-state index contributed by atoms with van der Waals surface area (Å²) in [5.74, 6) is 2.27. The molecule has 2 unspecified atom stereocenters. The van der Waals surface area contributed by atoms with Crippen LogP contribution in [0.15, 0.2) is 24.5 Å². The Morgan fingerprint density at radius 2 is 1.87 bits per heavy atom. The summed E-state index contributed by atoms with van der Waals surface area (Å²) in [7, 11) is 4.71. The van der Waals surface area contributed by atoms with Crippen molar-refractivity contribution in [3.63, 3.8) is 0 Å². The first-order chi connectivity index (χ1) is 14.9. The van der Waals surface area contributed by atoms with Gasteiger partial charge in [0.05, 0.1) is 38.8 Å². The summed E-state index contributed by atoms with van der Waals surface area (Å²) in [5, 5.41) is 0. The molecular formula is C24H29N3O4. The van der Waals surface area contributed by atoms with E-state index in [1.54, 1.807) is 33.7 Å². The standard InChI is InChI=1S/C24H29N3O4/c1-14-7-6-8-24(2,11-14)22(28)16-12-25-23-20(16)27-17(13-26-23)15-9-18(29-3)21(31-5)19(10-15)30-4/h9-10,12-14H,6-8,11H2,1-5H3,(H,25,26). The molecule has 1 aromatic carbocycles. The molecule has 1 aliphatic carbocycles. The van der Waals surface area contributed by atoms with Crippen molar-refractivity contribution in [2.45, 2.75) is 39.5 Å². The Morgan fingerprint density at radius 1 is 1.16 bits per heavy atom. The van der Waals surface area contributed by atoms with Crippen molar-refractivity contribution < 1.29 is 19.0 Å². The van der Waals surface area contributed by atoms with Gasteiger partial charge in [0.2, 0.25) is 5.75 Å². The first-order valence-corrected chi connectivity index (χ1v) is 10.6. The van der Waals surface area contributed by atoms with Gasteiger partial charge in [-0.1, -0.05) is 26.7 Å². The van der Waals surface area contributed by atoms with Gasteiger partial charge in [-0.05, 0) is 30.9 Å². The zero-order valence-corrected chi connectivity index (χ0v) is 18.7. The number of carbonyl (C=O) groups is 1. The van der Waals surface area contributed by atoms with Crippen LogP contribution in [-0.4, -0.2) is 42.1 Å². The second kappa shape index (κ2) is 8.21. The molecule has 1 fully saturated rings. The van der Waals surface area contributed by atoms with Gasteiger partial charge in [0.1, 0.15) is 5.52 Å². The molecule has 0 aliphatic heterocycles. The molecule has 0 amide bonds. The Bertz CT molecular complexity index is 1100. The van der Waals surface area contributed by atoms with Gasteiger partial charge in [0, 0.05) is 17.2 Å². The highest BCUT2D eigenvalue weighted by Crippen LogP contribution is 2.43. The topological polar surface area (TPSA) is 86.3 Å². The van der Waals surface area contributed by atoms with Crippen molar-refractivity contribution in [1.82, 2.24) is 15.0 Å². The fraction of sp³-hybridized carbons (Fsp3) is 0.458. The SMILES string of the molecule is COc1cc(-c2cnc3[nH]cc(C(=O)C4(C)CCCC(C)C4)c3n2)cc(OC)c1OC. The van der Waals surface area contributed by atoms with E-state index in [4.69, 9.17) is 19.2 Å². The maximum atomic E-state index is 13.5. The van der Waals surface area contributed by atoms with Crippen molar-refractivity contribution in [2.24, 2.45) is 11.3 Å². The van der Waals surface area contributed by atoms with Gasteiger partial charge in [0.25, 0.3) is 0 Å². The average Bonchev–Trinajstić information content (AvgIpc) is 3.20. The molecule has 1 aliphatic rings. The summed E-state index contributed by atoms with van der Waals surface area (Å²) in [4.78, 5) is 26.0. The Labute approximate surface area is 182 Å². The molecule has 1 N–H and O–H groups in total. The van der Waals surface area contributed by atoms with Crippen LogP contribution in [0.5, 0.6) is 17.2 Å². The zero-order valence-electron chi connectivity index (χ0n) is 18.7. The number of fused-ring (bicyclic) bond motifs is 1. The van der Waals surface area contributed by atoms with Crippen LogP contribution in [0.3, 0.4) is 0 Å². The number of H-pyrrole nitrogens is 1. The van der Waals surface area contributed by atoms with E-state index >= 15 is 0 Å². The van der Waals surface area contributed by atoms with E-state index in [2.05, 4.69) is 23.8 Å². The van der Waals surface area contributed by atoms with Crippen molar-refractivity contribution in [3.05, 3.63) is 30.1 Å². The molecule has 2 heterocycles. The predicted octanol–water partition coefficient (Wildman–Crippen LogP) is 5.05. The molecule has 2 atom stereocenters. The van der Waals surface area contributed by atoms with Crippen molar-refractivity contribution >= 4 is 16.9 Å². The van der Waals surface area contributed by atoms with E-state index in [1.807, 2.05) is 12.1 Å². The van der Waals surface area contributed by atoms with E-state index in [9.17, 15) is 4.79 Å². The Hall–Kier alpha value is -3.09. The number of hydrogen-bond acceptors (Lipinski definition) is 6. The lowest BCUT2D eigenvalue weighted by Gasteiger charge is -2.35. The first-order valence-electron chi connectivity index (χ1n) is 10.6. The van der Waals surface area contributed by atoms with E-state index in [0.29, 0.717) is 45.6 Å². The quantitative estimate of drug-likeness (QED) is 0.558. The highest BCUT2D eigenvalue weighted by atomic mass is 16.5. The number of ether oxygens (including phenoxy) is 3. The van der Waals surface area contributed by atoms with Crippen LogP contribution in [0, 0.1) is 11.3 Å². The summed E-state index contributed by atoms with van der Waals surface area (Å²) < 4.78 is 16.3. The summed E-state index contributed by atoms with van der Waals surface area (Å²) >= 11 is 0. The molecule has 164 valence electrons. The molecule has 4 rings (SSSR count). The van der Waals surface area contributed by atoms with Gasteiger partial charge in [-0.15, -0.1) is 0 Å². The third kappa shape index (κ3) is 3.73. The minimum absolute atomic E-state index is 0.140. The fourth-order valence-electron chi connectivity index (χ4n) is 4.78. The predicted molar refractivity (Wildman–Crippen MR) is 119 cm³/mol. The number of rotatable bonds is 6. The summed E-state index contributed by atoms with van der Waals surface area (Å²) in [5.41, 5.74) is 2.83. The molecule has 31 heavy (non-hydrogen) atoms. The second-order valence-electron chi connectivity index (χ2n) is 8.66. The van der Waals surface area contributed by atoms with Crippen LogP contribution in [0.25, 0.3) is 22.4 Å². The molecule has 7 nitrogen and oxygen atoms in total. The average molecular weight is 424 g/mol. The maximum absolute atomic E-state index is 13.5. The number of Topliss-reactive ketones (excluding diaryl/α,β-unsaturated/α-hetero) is 1. The Kier molecular flexibility index (Phi) is 5.60. The Morgan fingerprint density at radius 3 is 2.48 bits per heavy atom. The van der Waals surface area contributed by atoms with Gasteiger partial charge in [-0.3, -0.25) is 4.79 Å². The molecule has 3 aromatic rings. The number of methoxy groups -OCH3 is 3. The van der Waals surface area contributed by atoms with E-state index in [1.165, 1.54) is 6.42 Å². The van der Waals surface area contributed by atoms with Crippen molar-refractivity contribution in [1.29, 1.82) is 0 Å². The minimum Gasteiger partial charge on any atom is -0.493 e. The molecule has 2 aromatic heterocycles. The number of carbonyl (C=O) groups excluding carboxylic acids is 1. The van der Waals surface area contributed by atoms with Gasteiger partial charge in [-0.2, -0.15) is 0 Å². The molecular weight excluding hydrogens is 394 g/mol. The monoisotopic (exact) mass is 423 g/mol. The minimum atomic E-state index is -0.364. The van der Waals surface area contributed by atoms with Gasteiger partial charge < -0.3 is 19.2 Å². The fourth-order valence-corrected chi connectivity index (χ4v) is 4.78. The van der Waals surface area contributed by atoms with Crippen molar-refractivity contribution in [2.75, 3.05) is 21.3 Å². The molecule has 0 saturated heterocycles. The summed E-state index contributed by atoms with van der Waals surface area (Å²) in [6, 6.07) is 3.66. The summed E-state index contributed by atoms with van der Waals surface area (Å²) in [6.07, 6.45) is 7.49. The number of aromatic amines is 1. The number of ketones is 1. The molecule has 7 heteroatoms. The van der Waals surface area contributed by atoms with Crippen LogP contribution < -0.4 is 14.2 Å². The summed E-state index contributed by atoms with van der Waals surface area (Å²) in [6.45, 7) is 4.31. The van der Waals surface area contributed by atoms with Crippen LogP contribution in [0.1, 0.15) is 49.9 Å². The normalized spacial score (nSPS) is 21.1. The number of aromatic nitrogens is 3. The highest BCUT2D eigenvalue weighted by molar-refractivity contribution is 6.08. The lowest BCUT2D eigenvalue weighted by atomic mass is 9.68. The third-order valence-electron chi connectivity index (χ3n) is 6.36. The number of nitrogens with zero attached hydrogens (tertiary/aromatic N) is 2. The molecule has 0 radical (unpaired) electrons. The zero-order chi connectivity index (χ0) is 22.2. The van der Waals surface area contributed by atoms with E-state index in [0.717, 1.165) is 24.8 Å². The molecule has 0 bridgehead atoms. The van der Waals surface area contributed by atoms with E-state index < -0.39 is 0 Å². The molecule has 1 saturated carbocycles. The highest BCUT2D eigenvalue weighted by Gasteiger charge is 2.39. The number of nitrogens with one attached hydrogen (secondary N) is 1. The van der Waals surface area contributed by atoms with Crippen molar-refractivity contribution in [3.8, 4) is 28.5 Å². The van der Waals surface area contributed by atoms with Gasteiger partial charge in [0.15, 0.2) is 22.9 Å². The Balaban J connectivity index is 1.78.